The van der Waals surface area contributed by atoms with E-state index in [-0.39, 0.29) is 12.7 Å². The molecule has 1 amide bonds. The van der Waals surface area contributed by atoms with Gasteiger partial charge in [0.25, 0.3) is 0 Å². The molecule has 1 heterocycles. The van der Waals surface area contributed by atoms with Crippen molar-refractivity contribution in [1.29, 1.82) is 0 Å². The van der Waals surface area contributed by atoms with Crippen LogP contribution in [0.25, 0.3) is 0 Å². The molecule has 0 saturated heterocycles. The molecule has 0 bridgehead atoms. The van der Waals surface area contributed by atoms with E-state index in [2.05, 4.69) is 5.32 Å². The van der Waals surface area contributed by atoms with Crippen LogP contribution in [0, 0.1) is 0 Å². The smallest absolute Gasteiger partial charge is 0.231 e. The predicted octanol–water partition coefficient (Wildman–Crippen LogP) is 1.20. The maximum Gasteiger partial charge on any atom is 0.231 e. The van der Waals surface area contributed by atoms with Crippen LogP contribution in [-0.2, 0) is 11.2 Å². The van der Waals surface area contributed by atoms with Crippen molar-refractivity contribution in [2.24, 2.45) is 5.73 Å². The van der Waals surface area contributed by atoms with E-state index in [4.69, 9.17) is 15.2 Å². The molecule has 0 aliphatic carbocycles. The van der Waals surface area contributed by atoms with E-state index < -0.39 is 5.54 Å². The third-order valence-electron chi connectivity index (χ3n) is 2.79. The van der Waals surface area contributed by atoms with E-state index in [1.165, 1.54) is 0 Å². The molecule has 1 aliphatic rings. The highest BCUT2D eigenvalue weighted by Gasteiger charge is 2.16. The second-order valence-electron chi connectivity index (χ2n) is 5.45. The van der Waals surface area contributed by atoms with Crippen LogP contribution in [0.5, 0.6) is 11.5 Å². The van der Waals surface area contributed by atoms with Crippen LogP contribution in [0.3, 0.4) is 0 Å². The summed E-state index contributed by atoms with van der Waals surface area (Å²) in [5.41, 5.74) is 6.43. The minimum atomic E-state index is -0.469. The number of carbonyl (C=O) groups excluding carboxylic acids is 1. The molecule has 3 N–H and O–H groups in total. The van der Waals surface area contributed by atoms with Gasteiger partial charge in [0.1, 0.15) is 0 Å². The largest absolute Gasteiger partial charge is 0.454 e. The molecule has 1 aliphatic heterocycles. The zero-order valence-electron chi connectivity index (χ0n) is 11.4. The molecule has 19 heavy (non-hydrogen) atoms. The third kappa shape index (κ3) is 4.13. The summed E-state index contributed by atoms with van der Waals surface area (Å²) in [7, 11) is 0. The molecule has 0 atom stereocenters. The Kier molecular flexibility index (Phi) is 3.95. The Labute approximate surface area is 113 Å². The average Bonchev–Trinajstić information content (AvgIpc) is 2.73. The lowest BCUT2D eigenvalue weighted by Gasteiger charge is -2.17. The molecule has 0 aromatic heterocycles. The fraction of sp³-hybridized carbons (Fsp3) is 0.500. The first-order valence-electron chi connectivity index (χ1n) is 6.38. The zero-order valence-corrected chi connectivity index (χ0v) is 11.4. The Morgan fingerprint density at radius 1 is 1.37 bits per heavy atom. The Morgan fingerprint density at radius 2 is 2.11 bits per heavy atom. The lowest BCUT2D eigenvalue weighted by Crippen LogP contribution is -2.39. The number of nitrogens with one attached hydrogen (secondary N) is 1. The summed E-state index contributed by atoms with van der Waals surface area (Å²) in [5, 5.41) is 2.86. The summed E-state index contributed by atoms with van der Waals surface area (Å²) in [5.74, 6) is 1.53. The highest BCUT2D eigenvalue weighted by Crippen LogP contribution is 2.32. The van der Waals surface area contributed by atoms with Crippen molar-refractivity contribution in [2.75, 3.05) is 13.3 Å². The topological polar surface area (TPSA) is 73.6 Å². The van der Waals surface area contributed by atoms with Gasteiger partial charge >= 0.3 is 0 Å². The van der Waals surface area contributed by atoms with E-state index in [9.17, 15) is 4.79 Å². The SMILES string of the molecule is CC(C)(N)CC(=O)NCCc1ccc2c(c1)OCO2. The number of nitrogens with two attached hydrogens (primary N) is 1. The Bertz CT molecular complexity index is 466. The summed E-state index contributed by atoms with van der Waals surface area (Å²) in [6.45, 7) is 4.55. The van der Waals surface area contributed by atoms with Gasteiger partial charge in [0.2, 0.25) is 12.7 Å². The molecule has 5 nitrogen and oxygen atoms in total. The first kappa shape index (κ1) is 13.7. The maximum absolute atomic E-state index is 11.6. The highest BCUT2D eigenvalue weighted by atomic mass is 16.7. The summed E-state index contributed by atoms with van der Waals surface area (Å²) in [6.07, 6.45) is 1.08. The second-order valence-corrected chi connectivity index (χ2v) is 5.45. The molecule has 0 radical (unpaired) electrons. The van der Waals surface area contributed by atoms with E-state index in [0.717, 1.165) is 23.5 Å². The number of fused-ring (bicyclic) bond motifs is 1. The molecule has 1 aromatic carbocycles. The number of amides is 1. The molecule has 0 saturated carbocycles. The van der Waals surface area contributed by atoms with Gasteiger partial charge < -0.3 is 20.5 Å². The molecule has 1 aromatic rings. The fourth-order valence-electron chi connectivity index (χ4n) is 1.92. The van der Waals surface area contributed by atoms with Crippen molar-refractivity contribution in [3.8, 4) is 11.5 Å². The van der Waals surface area contributed by atoms with Gasteiger partial charge in [-0.2, -0.15) is 0 Å². The zero-order chi connectivity index (χ0) is 13.9. The number of ether oxygens (including phenoxy) is 2. The molecule has 5 heteroatoms. The summed E-state index contributed by atoms with van der Waals surface area (Å²) in [4.78, 5) is 11.6. The number of rotatable bonds is 5. The van der Waals surface area contributed by atoms with Gasteiger partial charge in [0.05, 0.1) is 0 Å². The minimum absolute atomic E-state index is 0.0201. The van der Waals surface area contributed by atoms with E-state index in [0.29, 0.717) is 13.0 Å². The average molecular weight is 264 g/mol. The molecular weight excluding hydrogens is 244 g/mol. The molecule has 0 unspecified atom stereocenters. The van der Waals surface area contributed by atoms with Gasteiger partial charge in [-0.3, -0.25) is 4.79 Å². The number of hydrogen-bond acceptors (Lipinski definition) is 4. The van der Waals surface area contributed by atoms with E-state index >= 15 is 0 Å². The third-order valence-corrected chi connectivity index (χ3v) is 2.79. The lowest BCUT2D eigenvalue weighted by atomic mass is 10.0. The van der Waals surface area contributed by atoms with Crippen LogP contribution >= 0.6 is 0 Å². The molecule has 104 valence electrons. The van der Waals surface area contributed by atoms with E-state index in [1.807, 2.05) is 32.0 Å². The quantitative estimate of drug-likeness (QED) is 0.838. The molecule has 0 spiro atoms. The van der Waals surface area contributed by atoms with Crippen molar-refractivity contribution < 1.29 is 14.3 Å². The van der Waals surface area contributed by atoms with Crippen LogP contribution in [0.15, 0.2) is 18.2 Å². The van der Waals surface area contributed by atoms with Gasteiger partial charge in [-0.15, -0.1) is 0 Å². The molecule has 0 fully saturated rings. The second kappa shape index (κ2) is 5.48. The maximum atomic E-state index is 11.6. The first-order chi connectivity index (χ1) is 8.94. The van der Waals surface area contributed by atoms with Crippen LogP contribution < -0.4 is 20.5 Å². The molecule has 2 rings (SSSR count). The van der Waals surface area contributed by atoms with Gasteiger partial charge in [0.15, 0.2) is 11.5 Å². The van der Waals surface area contributed by atoms with Crippen LogP contribution in [0.2, 0.25) is 0 Å². The number of hydrogen-bond donors (Lipinski definition) is 2. The summed E-state index contributed by atoms with van der Waals surface area (Å²) in [6, 6.07) is 5.82. The lowest BCUT2D eigenvalue weighted by molar-refractivity contribution is -0.121. The van der Waals surface area contributed by atoms with Gasteiger partial charge in [-0.25, -0.2) is 0 Å². The van der Waals surface area contributed by atoms with Crippen LogP contribution in [-0.4, -0.2) is 24.8 Å². The minimum Gasteiger partial charge on any atom is -0.454 e. The van der Waals surface area contributed by atoms with Gasteiger partial charge in [-0.1, -0.05) is 6.07 Å². The summed E-state index contributed by atoms with van der Waals surface area (Å²) < 4.78 is 10.6. The predicted molar refractivity (Wildman–Crippen MR) is 72.2 cm³/mol. The van der Waals surface area contributed by atoms with Gasteiger partial charge in [0, 0.05) is 18.5 Å². The van der Waals surface area contributed by atoms with Gasteiger partial charge in [-0.05, 0) is 38.0 Å². The van der Waals surface area contributed by atoms with Crippen LogP contribution in [0.4, 0.5) is 0 Å². The number of carbonyl (C=O) groups is 1. The molecular formula is C14H20N2O3. The summed E-state index contributed by atoms with van der Waals surface area (Å²) >= 11 is 0. The first-order valence-corrected chi connectivity index (χ1v) is 6.38. The normalized spacial score (nSPS) is 13.4. The van der Waals surface area contributed by atoms with Crippen molar-refractivity contribution >= 4 is 5.91 Å². The van der Waals surface area contributed by atoms with Crippen molar-refractivity contribution in [2.45, 2.75) is 32.2 Å². The van der Waals surface area contributed by atoms with Crippen molar-refractivity contribution in [3.05, 3.63) is 23.8 Å². The number of benzene rings is 1. The van der Waals surface area contributed by atoms with Crippen molar-refractivity contribution in [1.82, 2.24) is 5.32 Å². The highest BCUT2D eigenvalue weighted by molar-refractivity contribution is 5.77. The standard InChI is InChI=1S/C14H20N2O3/c1-14(2,15)8-13(17)16-6-5-10-3-4-11-12(7-10)19-9-18-11/h3-4,7H,5-6,8-9,15H2,1-2H3,(H,16,17). The fourth-order valence-corrected chi connectivity index (χ4v) is 1.92. The van der Waals surface area contributed by atoms with E-state index in [1.54, 1.807) is 0 Å². The Balaban J connectivity index is 1.78. The Hall–Kier alpha value is -1.75. The van der Waals surface area contributed by atoms with Crippen molar-refractivity contribution in [3.63, 3.8) is 0 Å². The monoisotopic (exact) mass is 264 g/mol. The van der Waals surface area contributed by atoms with Crippen LogP contribution in [0.1, 0.15) is 25.8 Å². The Morgan fingerprint density at radius 3 is 2.84 bits per heavy atom.